The monoisotopic (exact) mass is 462 g/mol. The van der Waals surface area contributed by atoms with Crippen LogP contribution >= 0.6 is 11.3 Å². The Balaban J connectivity index is 1.87. The average molecular weight is 463 g/mol. The molecule has 0 bridgehead atoms. The fourth-order valence-corrected chi connectivity index (χ4v) is 5.16. The fourth-order valence-electron chi connectivity index (χ4n) is 4.06. The highest BCUT2D eigenvalue weighted by Crippen LogP contribution is 2.29. The molecule has 3 rings (SSSR count). The number of hydrogen-bond acceptors (Lipinski definition) is 7. The summed E-state index contributed by atoms with van der Waals surface area (Å²) in [5.41, 5.74) is 0.238. The lowest BCUT2D eigenvalue weighted by Crippen LogP contribution is -2.42. The van der Waals surface area contributed by atoms with Crippen molar-refractivity contribution in [3.63, 3.8) is 0 Å². The number of likely N-dealkylation sites (tertiary alicyclic amines) is 1. The van der Waals surface area contributed by atoms with Gasteiger partial charge in [-0.25, -0.2) is 4.98 Å². The first kappa shape index (κ1) is 23.9. The highest BCUT2D eigenvalue weighted by atomic mass is 32.1. The van der Waals surface area contributed by atoms with Gasteiger partial charge in [0.05, 0.1) is 29.1 Å². The number of hydrogen-bond donors (Lipinski definition) is 0. The predicted molar refractivity (Wildman–Crippen MR) is 122 cm³/mol. The van der Waals surface area contributed by atoms with Gasteiger partial charge in [0.15, 0.2) is 0 Å². The van der Waals surface area contributed by atoms with Gasteiger partial charge in [-0.05, 0) is 46.1 Å². The normalized spacial score (nSPS) is 16.2. The maximum Gasteiger partial charge on any atom is 0.310 e. The smallest absolute Gasteiger partial charge is 0.310 e. The Morgan fingerprint density at radius 2 is 1.97 bits per heavy atom. The minimum Gasteiger partial charge on any atom is -0.466 e. The van der Waals surface area contributed by atoms with Gasteiger partial charge < -0.3 is 14.5 Å². The van der Waals surface area contributed by atoms with Gasteiger partial charge in [0, 0.05) is 26.2 Å². The SMILES string of the molecule is CCOC(=O)C1CCCN(C(=O)c2sc3ncn(CC(=O)N(CC)CC)c(=O)c3c2C)C1. The Labute approximate surface area is 191 Å². The molecule has 1 fully saturated rings. The number of thiophene rings is 1. The highest BCUT2D eigenvalue weighted by Gasteiger charge is 2.32. The number of fused-ring (bicyclic) bond motifs is 1. The van der Waals surface area contributed by atoms with E-state index < -0.39 is 0 Å². The van der Waals surface area contributed by atoms with Crippen molar-refractivity contribution in [2.24, 2.45) is 5.92 Å². The molecular formula is C22H30N4O5S. The predicted octanol–water partition coefficient (Wildman–Crippen LogP) is 2.05. The quantitative estimate of drug-likeness (QED) is 0.584. The molecule has 0 saturated carbocycles. The number of amides is 2. The van der Waals surface area contributed by atoms with Gasteiger partial charge in [-0.3, -0.25) is 23.7 Å². The minimum absolute atomic E-state index is 0.0879. The molecule has 2 aromatic rings. The van der Waals surface area contributed by atoms with Crippen LogP contribution in [0.5, 0.6) is 0 Å². The van der Waals surface area contributed by atoms with Crippen molar-refractivity contribution < 1.29 is 19.1 Å². The van der Waals surface area contributed by atoms with Gasteiger partial charge >= 0.3 is 5.97 Å². The molecule has 1 saturated heterocycles. The molecule has 1 aliphatic rings. The number of aromatic nitrogens is 2. The molecule has 10 heteroatoms. The summed E-state index contributed by atoms with van der Waals surface area (Å²) in [6.07, 6.45) is 2.78. The summed E-state index contributed by atoms with van der Waals surface area (Å²) in [6, 6.07) is 0. The number of likely N-dealkylation sites (N-methyl/N-ethyl adjacent to an activating group) is 1. The van der Waals surface area contributed by atoms with Crippen molar-refractivity contribution in [3.05, 3.63) is 27.1 Å². The van der Waals surface area contributed by atoms with Crippen molar-refractivity contribution in [2.45, 2.75) is 47.1 Å². The Hall–Kier alpha value is -2.75. The van der Waals surface area contributed by atoms with E-state index in [1.807, 2.05) is 13.8 Å². The third-order valence-electron chi connectivity index (χ3n) is 5.86. The summed E-state index contributed by atoms with van der Waals surface area (Å²) in [7, 11) is 0. The van der Waals surface area contributed by atoms with Crippen LogP contribution in [-0.2, 0) is 20.9 Å². The molecule has 1 atom stereocenters. The zero-order chi connectivity index (χ0) is 23.4. The number of piperidine rings is 1. The van der Waals surface area contributed by atoms with Crippen LogP contribution in [0, 0.1) is 12.8 Å². The molecular weight excluding hydrogens is 432 g/mol. The molecule has 0 aromatic carbocycles. The molecule has 2 aromatic heterocycles. The minimum atomic E-state index is -0.330. The standard InChI is InChI=1S/C22H30N4O5S/c1-5-24(6-2)16(27)12-26-13-23-19-17(20(26)28)14(4)18(32-19)21(29)25-10-8-9-15(11-25)22(30)31-7-3/h13,15H,5-12H2,1-4H3. The first-order valence-corrected chi connectivity index (χ1v) is 11.9. The summed E-state index contributed by atoms with van der Waals surface area (Å²) in [5.74, 6) is -0.963. The maximum absolute atomic E-state index is 13.2. The van der Waals surface area contributed by atoms with E-state index in [0.717, 1.165) is 6.42 Å². The van der Waals surface area contributed by atoms with E-state index in [-0.39, 0.29) is 35.8 Å². The molecule has 1 unspecified atom stereocenters. The molecule has 174 valence electrons. The summed E-state index contributed by atoms with van der Waals surface area (Å²) in [6.45, 7) is 9.50. The summed E-state index contributed by atoms with van der Waals surface area (Å²) >= 11 is 1.18. The molecule has 0 N–H and O–H groups in total. The van der Waals surface area contributed by atoms with Crippen LogP contribution in [0.3, 0.4) is 0 Å². The lowest BCUT2D eigenvalue weighted by atomic mass is 9.98. The first-order chi connectivity index (χ1) is 15.3. The molecule has 9 nitrogen and oxygen atoms in total. The van der Waals surface area contributed by atoms with E-state index in [0.29, 0.717) is 59.9 Å². The van der Waals surface area contributed by atoms with Crippen molar-refractivity contribution in [2.75, 3.05) is 32.8 Å². The highest BCUT2D eigenvalue weighted by molar-refractivity contribution is 7.20. The number of nitrogens with zero attached hydrogens (tertiary/aromatic N) is 4. The lowest BCUT2D eigenvalue weighted by molar-refractivity contribution is -0.149. The number of rotatable bonds is 7. The molecule has 3 heterocycles. The average Bonchev–Trinajstić information content (AvgIpc) is 3.13. The molecule has 0 radical (unpaired) electrons. The van der Waals surface area contributed by atoms with E-state index in [4.69, 9.17) is 4.74 Å². The Morgan fingerprint density at radius 1 is 1.25 bits per heavy atom. The number of carbonyl (C=O) groups excluding carboxylic acids is 3. The van der Waals surface area contributed by atoms with Crippen LogP contribution in [0.2, 0.25) is 0 Å². The van der Waals surface area contributed by atoms with Gasteiger partial charge in [0.2, 0.25) is 5.91 Å². The van der Waals surface area contributed by atoms with Crippen LogP contribution in [0.4, 0.5) is 0 Å². The Kier molecular flexibility index (Phi) is 7.65. The Morgan fingerprint density at radius 3 is 2.62 bits per heavy atom. The third kappa shape index (κ3) is 4.69. The third-order valence-corrected chi connectivity index (χ3v) is 7.05. The molecule has 0 aliphatic carbocycles. The van der Waals surface area contributed by atoms with E-state index in [2.05, 4.69) is 4.98 Å². The van der Waals surface area contributed by atoms with E-state index in [9.17, 15) is 19.2 Å². The number of esters is 1. The zero-order valence-corrected chi connectivity index (χ0v) is 19.9. The van der Waals surface area contributed by atoms with Crippen molar-refractivity contribution >= 4 is 39.3 Å². The zero-order valence-electron chi connectivity index (χ0n) is 19.0. The van der Waals surface area contributed by atoms with E-state index >= 15 is 0 Å². The molecule has 0 spiro atoms. The number of carbonyl (C=O) groups is 3. The summed E-state index contributed by atoms with van der Waals surface area (Å²) in [5, 5.41) is 0.368. The van der Waals surface area contributed by atoms with E-state index in [1.165, 1.54) is 22.2 Å². The van der Waals surface area contributed by atoms with Crippen LogP contribution in [0.15, 0.2) is 11.1 Å². The second kappa shape index (κ2) is 10.2. The van der Waals surface area contributed by atoms with Crippen molar-refractivity contribution in [1.82, 2.24) is 19.4 Å². The van der Waals surface area contributed by atoms with Gasteiger partial charge in [-0.1, -0.05) is 0 Å². The summed E-state index contributed by atoms with van der Waals surface area (Å²) < 4.78 is 6.42. The lowest BCUT2D eigenvalue weighted by Gasteiger charge is -2.31. The van der Waals surface area contributed by atoms with Gasteiger partial charge in [0.25, 0.3) is 11.5 Å². The molecule has 2 amide bonds. The largest absolute Gasteiger partial charge is 0.466 e. The van der Waals surface area contributed by atoms with Gasteiger partial charge in [-0.15, -0.1) is 11.3 Å². The maximum atomic E-state index is 13.2. The topological polar surface area (TPSA) is 102 Å². The van der Waals surface area contributed by atoms with Gasteiger partial charge in [0.1, 0.15) is 11.4 Å². The number of ether oxygens (including phenoxy) is 1. The molecule has 32 heavy (non-hydrogen) atoms. The Bertz CT molecular complexity index is 1070. The van der Waals surface area contributed by atoms with Crippen molar-refractivity contribution in [3.8, 4) is 0 Å². The second-order valence-corrected chi connectivity index (χ2v) is 8.82. The number of aryl methyl sites for hydroxylation is 1. The second-order valence-electron chi connectivity index (χ2n) is 7.82. The summed E-state index contributed by atoms with van der Waals surface area (Å²) in [4.78, 5) is 59.5. The first-order valence-electron chi connectivity index (χ1n) is 11.0. The van der Waals surface area contributed by atoms with Crippen LogP contribution in [-0.4, -0.2) is 69.9 Å². The fraction of sp³-hybridized carbons (Fsp3) is 0.591. The van der Waals surface area contributed by atoms with E-state index in [1.54, 1.807) is 23.6 Å². The van der Waals surface area contributed by atoms with Crippen LogP contribution in [0.1, 0.15) is 48.8 Å². The van der Waals surface area contributed by atoms with Gasteiger partial charge in [-0.2, -0.15) is 0 Å². The molecule has 1 aliphatic heterocycles. The van der Waals surface area contributed by atoms with Crippen molar-refractivity contribution in [1.29, 1.82) is 0 Å². The van der Waals surface area contributed by atoms with Crippen LogP contribution in [0.25, 0.3) is 10.2 Å². The van der Waals surface area contributed by atoms with Crippen LogP contribution < -0.4 is 5.56 Å².